The van der Waals surface area contributed by atoms with Crippen LogP contribution >= 0.6 is 0 Å². The summed E-state index contributed by atoms with van der Waals surface area (Å²) in [5, 5.41) is 0. The zero-order chi connectivity index (χ0) is 22.9. The Hall–Kier alpha value is -2.54. The molecule has 0 N–H and O–H groups in total. The number of methoxy groups -OCH3 is 1. The highest BCUT2D eigenvalue weighted by Crippen LogP contribution is 2.30. The minimum atomic E-state index is -0.555. The fourth-order valence-electron chi connectivity index (χ4n) is 4.06. The Morgan fingerprint density at radius 1 is 0.576 bits per heavy atom. The van der Waals surface area contributed by atoms with Crippen LogP contribution in [0.15, 0.2) is 91.0 Å². The minimum absolute atomic E-state index is 0.226. The Morgan fingerprint density at radius 2 is 0.970 bits per heavy atom. The van der Waals surface area contributed by atoms with Gasteiger partial charge >= 0.3 is 0 Å². The largest absolute Gasteiger partial charge is 0.368 e. The van der Waals surface area contributed by atoms with E-state index in [1.54, 1.807) is 7.11 Å². The summed E-state index contributed by atoms with van der Waals surface area (Å²) in [6, 6.07) is 30.3. The summed E-state index contributed by atoms with van der Waals surface area (Å²) in [6.45, 7) is 3.34. The standard InChI is InChI=1S/C28H32O5/c1-21-25(30-18-22-12-6-3-7-13-22)26(31-19-23-14-8-4-9-15-23)27(28(29-2)33-21)32-20-24-16-10-5-11-17-24/h3-17,21,25-28H,18-20H2,1-2H3/t21-,25+,26+,27-,28+/m1/s1. The molecule has 0 spiro atoms. The van der Waals surface area contributed by atoms with Crippen LogP contribution in [-0.4, -0.2) is 37.8 Å². The molecule has 0 bridgehead atoms. The van der Waals surface area contributed by atoms with Crippen LogP contribution in [0.2, 0.25) is 0 Å². The van der Waals surface area contributed by atoms with Crippen LogP contribution < -0.4 is 0 Å². The van der Waals surface area contributed by atoms with Crippen LogP contribution in [0.3, 0.4) is 0 Å². The van der Waals surface area contributed by atoms with Gasteiger partial charge in [0.05, 0.1) is 25.9 Å². The van der Waals surface area contributed by atoms with E-state index in [0.29, 0.717) is 19.8 Å². The van der Waals surface area contributed by atoms with Crippen molar-refractivity contribution in [3.63, 3.8) is 0 Å². The van der Waals surface area contributed by atoms with Crippen molar-refractivity contribution in [2.45, 2.75) is 57.5 Å². The zero-order valence-corrected chi connectivity index (χ0v) is 19.2. The molecule has 1 aliphatic heterocycles. The van der Waals surface area contributed by atoms with Gasteiger partial charge in [0.2, 0.25) is 0 Å². The Kier molecular flexibility index (Phi) is 8.64. The van der Waals surface area contributed by atoms with Crippen LogP contribution in [0.25, 0.3) is 0 Å². The molecular weight excluding hydrogens is 416 g/mol. The van der Waals surface area contributed by atoms with E-state index in [1.165, 1.54) is 0 Å². The van der Waals surface area contributed by atoms with Crippen molar-refractivity contribution in [1.29, 1.82) is 0 Å². The summed E-state index contributed by atoms with van der Waals surface area (Å²) in [7, 11) is 1.63. The van der Waals surface area contributed by atoms with Crippen LogP contribution in [0, 0.1) is 0 Å². The highest BCUT2D eigenvalue weighted by atomic mass is 16.7. The molecule has 174 valence electrons. The number of benzene rings is 3. The number of hydrogen-bond donors (Lipinski definition) is 0. The molecule has 1 saturated heterocycles. The molecule has 0 saturated carbocycles. The molecule has 0 amide bonds. The predicted octanol–water partition coefficient (Wildman–Crippen LogP) is 5.13. The Morgan fingerprint density at radius 3 is 1.39 bits per heavy atom. The van der Waals surface area contributed by atoms with Gasteiger partial charge in [0, 0.05) is 7.11 Å². The van der Waals surface area contributed by atoms with E-state index in [2.05, 4.69) is 24.3 Å². The number of rotatable bonds is 10. The van der Waals surface area contributed by atoms with Gasteiger partial charge in [0.15, 0.2) is 6.29 Å². The molecule has 0 aromatic heterocycles. The van der Waals surface area contributed by atoms with Gasteiger partial charge in [0.1, 0.15) is 18.3 Å². The lowest BCUT2D eigenvalue weighted by molar-refractivity contribution is -0.314. The molecule has 33 heavy (non-hydrogen) atoms. The first-order chi connectivity index (χ1) is 16.2. The van der Waals surface area contributed by atoms with Gasteiger partial charge in [-0.3, -0.25) is 0 Å². The van der Waals surface area contributed by atoms with Crippen LogP contribution in [0.5, 0.6) is 0 Å². The third kappa shape index (κ3) is 6.50. The first-order valence-electron chi connectivity index (χ1n) is 11.4. The molecule has 5 atom stereocenters. The van der Waals surface area contributed by atoms with E-state index in [0.717, 1.165) is 16.7 Å². The minimum Gasteiger partial charge on any atom is -0.368 e. The van der Waals surface area contributed by atoms with Crippen LogP contribution in [0.1, 0.15) is 23.6 Å². The summed E-state index contributed by atoms with van der Waals surface area (Å²) in [5.41, 5.74) is 3.27. The molecule has 5 nitrogen and oxygen atoms in total. The molecule has 0 unspecified atom stereocenters. The third-order valence-corrected chi connectivity index (χ3v) is 5.82. The number of ether oxygens (including phenoxy) is 5. The van der Waals surface area contributed by atoms with Crippen molar-refractivity contribution in [2.24, 2.45) is 0 Å². The quantitative estimate of drug-likeness (QED) is 0.430. The summed E-state index contributed by atoms with van der Waals surface area (Å²) in [5.74, 6) is 0. The molecule has 1 heterocycles. The van der Waals surface area contributed by atoms with Gasteiger partial charge in [0.25, 0.3) is 0 Å². The fourth-order valence-corrected chi connectivity index (χ4v) is 4.06. The first-order valence-corrected chi connectivity index (χ1v) is 11.4. The average molecular weight is 449 g/mol. The maximum absolute atomic E-state index is 6.46. The van der Waals surface area contributed by atoms with E-state index in [4.69, 9.17) is 23.7 Å². The van der Waals surface area contributed by atoms with Gasteiger partial charge in [-0.25, -0.2) is 0 Å². The second-order valence-corrected chi connectivity index (χ2v) is 8.23. The Labute approximate surface area is 196 Å². The van der Waals surface area contributed by atoms with Crippen molar-refractivity contribution < 1.29 is 23.7 Å². The van der Waals surface area contributed by atoms with Crippen molar-refractivity contribution in [2.75, 3.05) is 7.11 Å². The molecule has 0 radical (unpaired) electrons. The molecule has 4 rings (SSSR count). The molecule has 5 heteroatoms. The maximum Gasteiger partial charge on any atom is 0.186 e. The van der Waals surface area contributed by atoms with E-state index < -0.39 is 12.4 Å². The summed E-state index contributed by atoms with van der Waals surface area (Å²) >= 11 is 0. The highest BCUT2D eigenvalue weighted by molar-refractivity contribution is 5.15. The van der Waals surface area contributed by atoms with Gasteiger partial charge < -0.3 is 23.7 Å². The maximum atomic E-state index is 6.46. The average Bonchev–Trinajstić information content (AvgIpc) is 2.87. The lowest BCUT2D eigenvalue weighted by atomic mass is 9.98. The Balaban J connectivity index is 1.53. The second-order valence-electron chi connectivity index (χ2n) is 8.23. The molecule has 1 aliphatic rings. The number of hydrogen-bond acceptors (Lipinski definition) is 5. The monoisotopic (exact) mass is 448 g/mol. The van der Waals surface area contributed by atoms with Gasteiger partial charge in [-0.1, -0.05) is 91.0 Å². The van der Waals surface area contributed by atoms with Crippen molar-refractivity contribution in [1.82, 2.24) is 0 Å². The Bertz CT molecular complexity index is 934. The highest BCUT2D eigenvalue weighted by Gasteiger charge is 2.47. The zero-order valence-electron chi connectivity index (χ0n) is 19.2. The molecule has 0 aliphatic carbocycles. The molecule has 3 aromatic rings. The first kappa shape index (κ1) is 23.6. The van der Waals surface area contributed by atoms with Gasteiger partial charge in [-0.05, 0) is 23.6 Å². The van der Waals surface area contributed by atoms with Gasteiger partial charge in [-0.15, -0.1) is 0 Å². The normalized spacial score (nSPS) is 25.1. The lowest BCUT2D eigenvalue weighted by Gasteiger charge is -2.44. The van der Waals surface area contributed by atoms with Crippen molar-refractivity contribution in [3.05, 3.63) is 108 Å². The van der Waals surface area contributed by atoms with Crippen LogP contribution in [0.4, 0.5) is 0 Å². The second kappa shape index (κ2) is 12.1. The van der Waals surface area contributed by atoms with Gasteiger partial charge in [-0.2, -0.15) is 0 Å². The summed E-state index contributed by atoms with van der Waals surface area (Å²) in [4.78, 5) is 0. The molecule has 3 aromatic carbocycles. The van der Waals surface area contributed by atoms with Crippen molar-refractivity contribution >= 4 is 0 Å². The molecular formula is C28H32O5. The van der Waals surface area contributed by atoms with E-state index in [-0.39, 0.29) is 18.3 Å². The van der Waals surface area contributed by atoms with E-state index in [9.17, 15) is 0 Å². The predicted molar refractivity (Wildman–Crippen MR) is 126 cm³/mol. The smallest absolute Gasteiger partial charge is 0.186 e. The summed E-state index contributed by atoms with van der Waals surface area (Å²) in [6.07, 6.45) is -1.92. The van der Waals surface area contributed by atoms with Crippen molar-refractivity contribution in [3.8, 4) is 0 Å². The lowest BCUT2D eigenvalue weighted by Crippen LogP contribution is -2.59. The fraction of sp³-hybridized carbons (Fsp3) is 0.357. The van der Waals surface area contributed by atoms with E-state index >= 15 is 0 Å². The van der Waals surface area contributed by atoms with E-state index in [1.807, 2.05) is 73.7 Å². The third-order valence-electron chi connectivity index (χ3n) is 5.82. The summed E-state index contributed by atoms with van der Waals surface area (Å²) < 4.78 is 31.0. The SMILES string of the molecule is CO[C@H]1O[C@H](C)[C@H](OCc2ccccc2)[C@H](OCc2ccccc2)[C@H]1OCc1ccccc1. The topological polar surface area (TPSA) is 46.2 Å². The van der Waals surface area contributed by atoms with Crippen LogP contribution in [-0.2, 0) is 43.5 Å². The molecule has 1 fully saturated rings.